The molecule has 2 rings (SSSR count). The van der Waals surface area contributed by atoms with Crippen molar-refractivity contribution in [2.75, 3.05) is 30.9 Å². The highest BCUT2D eigenvalue weighted by molar-refractivity contribution is 6.33. The summed E-state index contributed by atoms with van der Waals surface area (Å²) in [4.78, 5) is 8.49. The first kappa shape index (κ1) is 13.6. The number of nitrogens with zero attached hydrogens (tertiary/aromatic N) is 2. The molecule has 0 radical (unpaired) electrons. The summed E-state index contributed by atoms with van der Waals surface area (Å²) in [5.41, 5.74) is 0.776. The molecule has 2 N–H and O–H groups in total. The van der Waals surface area contributed by atoms with Gasteiger partial charge in [0.2, 0.25) is 5.95 Å². The lowest BCUT2D eigenvalue weighted by Gasteiger charge is -2.08. The molecular formula is C13H15ClN4O. The van der Waals surface area contributed by atoms with Crippen molar-refractivity contribution in [2.45, 2.75) is 0 Å². The van der Waals surface area contributed by atoms with Gasteiger partial charge >= 0.3 is 0 Å². The highest BCUT2D eigenvalue weighted by Gasteiger charge is 2.02. The zero-order valence-electron chi connectivity index (χ0n) is 10.6. The molecule has 0 fully saturated rings. The molecule has 19 heavy (non-hydrogen) atoms. The number of ether oxygens (including phenoxy) is 1. The summed E-state index contributed by atoms with van der Waals surface area (Å²) in [7, 11) is 1.66. The Labute approximate surface area is 117 Å². The van der Waals surface area contributed by atoms with Gasteiger partial charge in [-0.15, -0.1) is 0 Å². The molecule has 1 aromatic carbocycles. The van der Waals surface area contributed by atoms with Gasteiger partial charge in [0.15, 0.2) is 0 Å². The second kappa shape index (κ2) is 6.92. The summed E-state index contributed by atoms with van der Waals surface area (Å²) in [6.07, 6.45) is 1.68. The lowest BCUT2D eigenvalue weighted by atomic mass is 10.3. The monoisotopic (exact) mass is 278 g/mol. The molecule has 0 saturated carbocycles. The van der Waals surface area contributed by atoms with Crippen molar-refractivity contribution in [3.05, 3.63) is 41.6 Å². The number of rotatable bonds is 6. The quantitative estimate of drug-likeness (QED) is 0.796. The minimum absolute atomic E-state index is 0.496. The molecule has 0 aliphatic heterocycles. The topological polar surface area (TPSA) is 59.1 Å². The number of hydrogen-bond donors (Lipinski definition) is 2. The van der Waals surface area contributed by atoms with E-state index in [1.807, 2.05) is 24.3 Å². The molecule has 0 saturated heterocycles. The van der Waals surface area contributed by atoms with Crippen molar-refractivity contribution in [1.29, 1.82) is 0 Å². The maximum absolute atomic E-state index is 6.07. The maximum Gasteiger partial charge on any atom is 0.229 e. The van der Waals surface area contributed by atoms with E-state index in [-0.39, 0.29) is 0 Å². The van der Waals surface area contributed by atoms with E-state index in [1.54, 1.807) is 19.4 Å². The zero-order chi connectivity index (χ0) is 13.5. The Hall–Kier alpha value is -1.85. The third-order valence-electron chi connectivity index (χ3n) is 2.39. The van der Waals surface area contributed by atoms with E-state index in [0.29, 0.717) is 24.1 Å². The van der Waals surface area contributed by atoms with Gasteiger partial charge in [-0.25, -0.2) is 4.98 Å². The molecule has 1 aromatic heterocycles. The Morgan fingerprint density at radius 2 is 2.11 bits per heavy atom. The molecule has 0 aliphatic rings. The summed E-state index contributed by atoms with van der Waals surface area (Å²) in [6, 6.07) is 9.25. The smallest absolute Gasteiger partial charge is 0.229 e. The van der Waals surface area contributed by atoms with Crippen LogP contribution < -0.4 is 10.6 Å². The predicted molar refractivity (Wildman–Crippen MR) is 77.1 cm³/mol. The highest BCUT2D eigenvalue weighted by atomic mass is 35.5. The summed E-state index contributed by atoms with van der Waals surface area (Å²) >= 11 is 6.07. The van der Waals surface area contributed by atoms with Crippen LogP contribution in [0.5, 0.6) is 0 Å². The van der Waals surface area contributed by atoms with E-state index in [1.165, 1.54) is 0 Å². The number of anilines is 3. The predicted octanol–water partition coefficient (Wildman–Crippen LogP) is 2.93. The standard InChI is InChI=1S/C13H15ClN4O/c1-19-9-8-15-12-6-7-16-13(18-12)17-11-5-3-2-4-10(11)14/h2-7H,8-9H2,1H3,(H2,15,16,17,18). The van der Waals surface area contributed by atoms with Gasteiger partial charge in [-0.2, -0.15) is 4.98 Å². The van der Waals surface area contributed by atoms with E-state index in [0.717, 1.165) is 11.5 Å². The fraction of sp³-hybridized carbons (Fsp3) is 0.231. The van der Waals surface area contributed by atoms with Gasteiger partial charge < -0.3 is 15.4 Å². The van der Waals surface area contributed by atoms with Gasteiger partial charge in [-0.3, -0.25) is 0 Å². The summed E-state index contributed by atoms with van der Waals surface area (Å²) in [5, 5.41) is 6.84. The van der Waals surface area contributed by atoms with E-state index < -0.39 is 0 Å². The average molecular weight is 279 g/mol. The van der Waals surface area contributed by atoms with E-state index in [9.17, 15) is 0 Å². The van der Waals surface area contributed by atoms with Crippen molar-refractivity contribution in [2.24, 2.45) is 0 Å². The summed E-state index contributed by atoms with van der Waals surface area (Å²) in [5.74, 6) is 1.23. The number of hydrogen-bond acceptors (Lipinski definition) is 5. The van der Waals surface area contributed by atoms with E-state index >= 15 is 0 Å². The molecule has 0 aliphatic carbocycles. The van der Waals surface area contributed by atoms with Crippen LogP contribution in [0.25, 0.3) is 0 Å². The summed E-state index contributed by atoms with van der Waals surface area (Å²) in [6.45, 7) is 1.32. The van der Waals surface area contributed by atoms with Gasteiger partial charge in [-0.1, -0.05) is 23.7 Å². The van der Waals surface area contributed by atoms with E-state index in [2.05, 4.69) is 20.6 Å². The zero-order valence-corrected chi connectivity index (χ0v) is 11.3. The minimum Gasteiger partial charge on any atom is -0.383 e. The molecule has 2 aromatic rings. The van der Waals surface area contributed by atoms with Gasteiger partial charge in [0.05, 0.1) is 17.3 Å². The van der Waals surface area contributed by atoms with Crippen LogP contribution in [0.15, 0.2) is 36.5 Å². The number of methoxy groups -OCH3 is 1. The van der Waals surface area contributed by atoms with Crippen LogP contribution in [0.3, 0.4) is 0 Å². The lowest BCUT2D eigenvalue weighted by Crippen LogP contribution is -2.09. The fourth-order valence-electron chi connectivity index (χ4n) is 1.48. The van der Waals surface area contributed by atoms with Gasteiger partial charge in [0.25, 0.3) is 0 Å². The second-order valence-corrected chi connectivity index (χ2v) is 4.20. The van der Waals surface area contributed by atoms with Crippen LogP contribution in [0, 0.1) is 0 Å². The number of halogens is 1. The normalized spacial score (nSPS) is 10.2. The Balaban J connectivity index is 2.05. The molecular weight excluding hydrogens is 264 g/mol. The molecule has 0 bridgehead atoms. The third kappa shape index (κ3) is 4.08. The maximum atomic E-state index is 6.07. The molecule has 1 heterocycles. The molecule has 0 atom stereocenters. The lowest BCUT2D eigenvalue weighted by molar-refractivity contribution is 0.210. The molecule has 0 spiro atoms. The SMILES string of the molecule is COCCNc1ccnc(Nc2ccccc2Cl)n1. The minimum atomic E-state index is 0.496. The second-order valence-electron chi connectivity index (χ2n) is 3.79. The number of benzene rings is 1. The van der Waals surface area contributed by atoms with Crippen molar-refractivity contribution in [3.8, 4) is 0 Å². The molecule has 0 amide bonds. The number of nitrogens with one attached hydrogen (secondary N) is 2. The van der Waals surface area contributed by atoms with Gasteiger partial charge in [-0.05, 0) is 18.2 Å². The van der Waals surface area contributed by atoms with Crippen LogP contribution in [-0.4, -0.2) is 30.2 Å². The Bertz CT molecular complexity index is 536. The first-order valence-electron chi connectivity index (χ1n) is 5.87. The van der Waals surface area contributed by atoms with Gasteiger partial charge in [0, 0.05) is 19.9 Å². The molecule has 0 unspecified atom stereocenters. The van der Waals surface area contributed by atoms with Crippen LogP contribution in [0.1, 0.15) is 0 Å². The van der Waals surface area contributed by atoms with Crippen LogP contribution >= 0.6 is 11.6 Å². The Morgan fingerprint density at radius 1 is 1.26 bits per heavy atom. The molecule has 6 heteroatoms. The third-order valence-corrected chi connectivity index (χ3v) is 2.72. The van der Waals surface area contributed by atoms with Crippen molar-refractivity contribution in [1.82, 2.24) is 9.97 Å². The van der Waals surface area contributed by atoms with Crippen LogP contribution in [0.2, 0.25) is 5.02 Å². The number of para-hydroxylation sites is 1. The van der Waals surface area contributed by atoms with Crippen molar-refractivity contribution in [3.63, 3.8) is 0 Å². The molecule has 5 nitrogen and oxygen atoms in total. The highest BCUT2D eigenvalue weighted by Crippen LogP contribution is 2.23. The van der Waals surface area contributed by atoms with Crippen LogP contribution in [-0.2, 0) is 4.74 Å². The number of aromatic nitrogens is 2. The van der Waals surface area contributed by atoms with Crippen LogP contribution in [0.4, 0.5) is 17.5 Å². The Kier molecular flexibility index (Phi) is 4.94. The summed E-state index contributed by atoms with van der Waals surface area (Å²) < 4.78 is 4.97. The van der Waals surface area contributed by atoms with Gasteiger partial charge in [0.1, 0.15) is 5.82 Å². The molecule has 100 valence electrons. The first-order valence-corrected chi connectivity index (χ1v) is 6.25. The average Bonchev–Trinajstić information content (AvgIpc) is 2.42. The first-order chi connectivity index (χ1) is 9.29. The largest absolute Gasteiger partial charge is 0.383 e. The fourth-order valence-corrected chi connectivity index (χ4v) is 1.66. The van der Waals surface area contributed by atoms with Crippen molar-refractivity contribution < 1.29 is 4.74 Å². The van der Waals surface area contributed by atoms with E-state index in [4.69, 9.17) is 16.3 Å². The Morgan fingerprint density at radius 3 is 2.89 bits per heavy atom. The van der Waals surface area contributed by atoms with Crippen molar-refractivity contribution >= 4 is 29.1 Å².